The molecule has 0 aromatic carbocycles. The molecule has 2 rings (SSSR count). The second kappa shape index (κ2) is 1.80. The van der Waals surface area contributed by atoms with Gasteiger partial charge in [0.25, 0.3) is 5.91 Å². The molecular formula is C7H6N2O. The zero-order chi connectivity index (χ0) is 6.97. The molecule has 0 aromatic heterocycles. The number of nitrogens with zero attached hydrogens (tertiary/aromatic N) is 1. The van der Waals surface area contributed by atoms with Gasteiger partial charge in [0.15, 0.2) is 0 Å². The third kappa shape index (κ3) is 0.603. The number of carbonyl (C=O) groups is 1. The van der Waals surface area contributed by atoms with E-state index in [4.69, 9.17) is 0 Å². The number of allylic oxidation sites excluding steroid dienone is 2. The number of fused-ring (bicyclic) bond motifs is 1. The molecule has 0 aromatic rings. The van der Waals surface area contributed by atoms with Crippen LogP contribution in [-0.4, -0.2) is 11.6 Å². The van der Waals surface area contributed by atoms with Crippen molar-refractivity contribution in [1.82, 2.24) is 5.32 Å². The molecule has 50 valence electrons. The zero-order valence-corrected chi connectivity index (χ0v) is 5.24. The lowest BCUT2D eigenvalue weighted by atomic mass is 10.0. The van der Waals surface area contributed by atoms with Crippen molar-refractivity contribution in [3.05, 3.63) is 24.6 Å². The highest BCUT2D eigenvalue weighted by Gasteiger charge is 2.23. The molecule has 1 unspecified atom stereocenters. The van der Waals surface area contributed by atoms with E-state index < -0.39 is 0 Å². The predicted molar refractivity (Wildman–Crippen MR) is 37.3 cm³/mol. The van der Waals surface area contributed by atoms with Crippen LogP contribution in [-0.2, 0) is 4.79 Å². The van der Waals surface area contributed by atoms with Gasteiger partial charge in [-0.15, -0.1) is 0 Å². The average molecular weight is 134 g/mol. The Hall–Kier alpha value is -1.38. The zero-order valence-electron chi connectivity index (χ0n) is 5.24. The minimum absolute atomic E-state index is 0.0856. The van der Waals surface area contributed by atoms with Gasteiger partial charge in [0.1, 0.15) is 5.71 Å². The predicted octanol–water partition coefficient (Wildman–Crippen LogP) is 0.214. The van der Waals surface area contributed by atoms with Crippen LogP contribution in [0.1, 0.15) is 0 Å². The summed E-state index contributed by atoms with van der Waals surface area (Å²) in [4.78, 5) is 14.9. The van der Waals surface area contributed by atoms with Gasteiger partial charge in [-0.3, -0.25) is 9.79 Å². The van der Waals surface area contributed by atoms with Gasteiger partial charge < -0.3 is 5.32 Å². The highest BCUT2D eigenvalue weighted by molar-refractivity contribution is 6.42. The van der Waals surface area contributed by atoms with Gasteiger partial charge in [-0.2, -0.15) is 0 Å². The highest BCUT2D eigenvalue weighted by Crippen LogP contribution is 2.14. The van der Waals surface area contributed by atoms with Crippen LogP contribution in [0.4, 0.5) is 0 Å². The first-order chi connectivity index (χ1) is 4.88. The second-order valence-corrected chi connectivity index (χ2v) is 2.21. The van der Waals surface area contributed by atoms with Gasteiger partial charge in [-0.1, -0.05) is 12.2 Å². The van der Waals surface area contributed by atoms with Crippen LogP contribution in [0.25, 0.3) is 0 Å². The summed E-state index contributed by atoms with van der Waals surface area (Å²) in [7, 11) is 0. The van der Waals surface area contributed by atoms with Crippen LogP contribution in [0.2, 0.25) is 0 Å². The van der Waals surface area contributed by atoms with Crippen LogP contribution in [0.3, 0.4) is 0 Å². The summed E-state index contributed by atoms with van der Waals surface area (Å²) in [6.45, 7) is 0. The van der Waals surface area contributed by atoms with Crippen LogP contribution < -0.4 is 5.32 Å². The van der Waals surface area contributed by atoms with Gasteiger partial charge >= 0.3 is 0 Å². The number of aliphatic imine (C=N–C) groups is 1. The first-order valence-corrected chi connectivity index (χ1v) is 3.10. The summed E-state index contributed by atoms with van der Waals surface area (Å²) in [5.74, 6) is 0.0336. The lowest BCUT2D eigenvalue weighted by Crippen LogP contribution is -2.33. The van der Waals surface area contributed by atoms with Crippen molar-refractivity contribution in [2.24, 2.45) is 10.9 Å². The average Bonchev–Trinajstić information content (AvgIpc) is 2.36. The van der Waals surface area contributed by atoms with Crippen LogP contribution >= 0.6 is 0 Å². The van der Waals surface area contributed by atoms with Crippen molar-refractivity contribution in [1.29, 1.82) is 0 Å². The molecule has 0 aliphatic carbocycles. The Bertz CT molecular complexity index is 263. The molecule has 2 aliphatic heterocycles. The third-order valence-corrected chi connectivity index (χ3v) is 1.57. The normalized spacial score (nSPS) is 27.8. The van der Waals surface area contributed by atoms with Crippen LogP contribution in [0.5, 0.6) is 0 Å². The van der Waals surface area contributed by atoms with Crippen molar-refractivity contribution >= 4 is 11.6 Å². The van der Waals surface area contributed by atoms with Gasteiger partial charge in [-0.25, -0.2) is 0 Å². The number of carbonyl (C=O) groups excluding carboxylic acids is 1. The maximum atomic E-state index is 10.9. The molecule has 3 heteroatoms. The number of hydrogen-bond donors (Lipinski definition) is 1. The topological polar surface area (TPSA) is 41.5 Å². The first-order valence-electron chi connectivity index (χ1n) is 3.10. The molecule has 0 bridgehead atoms. The molecule has 3 nitrogen and oxygen atoms in total. The number of rotatable bonds is 0. The molecule has 0 spiro atoms. The van der Waals surface area contributed by atoms with E-state index in [9.17, 15) is 4.79 Å². The highest BCUT2D eigenvalue weighted by atomic mass is 16.1. The summed E-state index contributed by atoms with van der Waals surface area (Å²) in [6.07, 6.45) is 7.12. The van der Waals surface area contributed by atoms with Gasteiger partial charge in [0.05, 0.1) is 0 Å². The van der Waals surface area contributed by atoms with E-state index in [-0.39, 0.29) is 11.8 Å². The summed E-state index contributed by atoms with van der Waals surface area (Å²) < 4.78 is 0. The van der Waals surface area contributed by atoms with E-state index in [0.717, 1.165) is 0 Å². The van der Waals surface area contributed by atoms with Crippen molar-refractivity contribution < 1.29 is 4.79 Å². The molecule has 1 amide bonds. The fourth-order valence-electron chi connectivity index (χ4n) is 1.06. The quantitative estimate of drug-likeness (QED) is 0.505. The molecule has 10 heavy (non-hydrogen) atoms. The van der Waals surface area contributed by atoms with Crippen molar-refractivity contribution in [2.45, 2.75) is 0 Å². The van der Waals surface area contributed by atoms with Crippen molar-refractivity contribution in [2.75, 3.05) is 0 Å². The summed E-state index contributed by atoms with van der Waals surface area (Å²) in [5.41, 5.74) is 0.600. The molecule has 1 atom stereocenters. The Morgan fingerprint density at radius 1 is 1.50 bits per heavy atom. The monoisotopic (exact) mass is 134 g/mol. The molecule has 2 heterocycles. The fraction of sp³-hybridized carbons (Fsp3) is 0.143. The third-order valence-electron chi connectivity index (χ3n) is 1.57. The number of amides is 1. The number of hydrogen-bond acceptors (Lipinski definition) is 2. The standard InChI is InChI=1S/C7H6N2O/c10-7-6-5(1-3-8-6)2-4-9-7/h1-5H,(H,9,10). The van der Waals surface area contributed by atoms with E-state index in [0.29, 0.717) is 5.71 Å². The summed E-state index contributed by atoms with van der Waals surface area (Å²) in [5, 5.41) is 2.56. The molecule has 2 aliphatic rings. The van der Waals surface area contributed by atoms with E-state index in [1.54, 1.807) is 12.4 Å². The summed E-state index contributed by atoms with van der Waals surface area (Å²) in [6, 6.07) is 0. The molecule has 0 radical (unpaired) electrons. The van der Waals surface area contributed by atoms with Crippen LogP contribution in [0.15, 0.2) is 29.5 Å². The molecule has 0 fully saturated rings. The maximum absolute atomic E-state index is 10.9. The lowest BCUT2D eigenvalue weighted by molar-refractivity contribution is -0.114. The summed E-state index contributed by atoms with van der Waals surface area (Å²) >= 11 is 0. The Morgan fingerprint density at radius 3 is 3.20 bits per heavy atom. The smallest absolute Gasteiger partial charge is 0.270 e. The minimum atomic E-state index is -0.0856. The van der Waals surface area contributed by atoms with E-state index in [1.165, 1.54) is 0 Å². The molecular weight excluding hydrogens is 128 g/mol. The SMILES string of the molecule is O=C1NC=CC2C=CN=C12. The van der Waals surface area contributed by atoms with Crippen LogP contribution in [0, 0.1) is 5.92 Å². The minimum Gasteiger partial charge on any atom is -0.328 e. The van der Waals surface area contributed by atoms with E-state index >= 15 is 0 Å². The van der Waals surface area contributed by atoms with Gasteiger partial charge in [0.2, 0.25) is 0 Å². The van der Waals surface area contributed by atoms with Crippen molar-refractivity contribution in [3.8, 4) is 0 Å². The number of nitrogens with one attached hydrogen (secondary N) is 1. The molecule has 0 saturated carbocycles. The maximum Gasteiger partial charge on any atom is 0.270 e. The van der Waals surface area contributed by atoms with Gasteiger partial charge in [-0.05, 0) is 0 Å². The fourth-order valence-corrected chi connectivity index (χ4v) is 1.06. The molecule has 0 saturated heterocycles. The van der Waals surface area contributed by atoms with Gasteiger partial charge in [0, 0.05) is 18.3 Å². The Balaban J connectivity index is 2.41. The first kappa shape index (κ1) is 5.41. The Morgan fingerprint density at radius 2 is 2.40 bits per heavy atom. The Kier molecular flexibility index (Phi) is 0.974. The largest absolute Gasteiger partial charge is 0.328 e. The van der Waals surface area contributed by atoms with E-state index in [2.05, 4.69) is 10.3 Å². The molecule has 1 N–H and O–H groups in total. The van der Waals surface area contributed by atoms with Crippen molar-refractivity contribution in [3.63, 3.8) is 0 Å². The Labute approximate surface area is 58.1 Å². The second-order valence-electron chi connectivity index (χ2n) is 2.21. The van der Waals surface area contributed by atoms with E-state index in [1.807, 2.05) is 12.2 Å². The lowest BCUT2D eigenvalue weighted by Gasteiger charge is -2.10.